The summed E-state index contributed by atoms with van der Waals surface area (Å²) in [5.74, 6) is 0.685. The molecule has 0 aliphatic rings. The highest BCUT2D eigenvalue weighted by atomic mass is 16.4. The molecule has 0 spiro atoms. The van der Waals surface area contributed by atoms with E-state index in [9.17, 15) is 5.11 Å². The SMILES string of the molecule is CCCC(O)c1cc2cc(CC)ccc2o1. The van der Waals surface area contributed by atoms with Gasteiger partial charge in [-0.15, -0.1) is 0 Å². The third-order valence-electron chi connectivity index (χ3n) is 2.90. The van der Waals surface area contributed by atoms with Crippen molar-refractivity contribution in [1.82, 2.24) is 0 Å². The fourth-order valence-electron chi connectivity index (χ4n) is 1.91. The fraction of sp³-hybridized carbons (Fsp3) is 0.429. The third kappa shape index (κ3) is 2.12. The summed E-state index contributed by atoms with van der Waals surface area (Å²) in [4.78, 5) is 0. The van der Waals surface area contributed by atoms with Crippen LogP contribution in [0.25, 0.3) is 11.0 Å². The van der Waals surface area contributed by atoms with Gasteiger partial charge in [0.15, 0.2) is 0 Å². The minimum Gasteiger partial charge on any atom is -0.458 e. The van der Waals surface area contributed by atoms with Gasteiger partial charge < -0.3 is 9.52 Å². The summed E-state index contributed by atoms with van der Waals surface area (Å²) in [6.07, 6.45) is 2.26. The first-order chi connectivity index (χ1) is 7.74. The van der Waals surface area contributed by atoms with Gasteiger partial charge in [-0.05, 0) is 36.6 Å². The number of aliphatic hydroxyl groups excluding tert-OH is 1. The highest BCUT2D eigenvalue weighted by Crippen LogP contribution is 2.27. The van der Waals surface area contributed by atoms with Gasteiger partial charge in [0.25, 0.3) is 0 Å². The monoisotopic (exact) mass is 218 g/mol. The van der Waals surface area contributed by atoms with Crippen molar-refractivity contribution in [3.05, 3.63) is 35.6 Å². The van der Waals surface area contributed by atoms with Gasteiger partial charge in [0.2, 0.25) is 0 Å². The molecule has 86 valence electrons. The van der Waals surface area contributed by atoms with E-state index in [1.54, 1.807) is 0 Å². The molecule has 2 heteroatoms. The Hall–Kier alpha value is -1.28. The zero-order valence-corrected chi connectivity index (χ0v) is 9.86. The number of benzene rings is 1. The summed E-state index contributed by atoms with van der Waals surface area (Å²) in [6.45, 7) is 4.19. The molecule has 2 rings (SSSR count). The van der Waals surface area contributed by atoms with Crippen LogP contribution in [0.1, 0.15) is 44.1 Å². The molecule has 16 heavy (non-hydrogen) atoms. The summed E-state index contributed by atoms with van der Waals surface area (Å²) in [5, 5.41) is 10.9. The van der Waals surface area contributed by atoms with Gasteiger partial charge in [0.05, 0.1) is 0 Å². The first kappa shape index (κ1) is 11.2. The topological polar surface area (TPSA) is 33.4 Å². The Kier molecular flexibility index (Phi) is 3.30. The zero-order valence-electron chi connectivity index (χ0n) is 9.86. The smallest absolute Gasteiger partial charge is 0.134 e. The van der Waals surface area contributed by atoms with Crippen LogP contribution < -0.4 is 0 Å². The predicted octanol–water partition coefficient (Wildman–Crippen LogP) is 3.83. The normalized spacial score (nSPS) is 13.2. The Labute approximate surface area is 95.9 Å². The van der Waals surface area contributed by atoms with Crippen LogP contribution in [0, 0.1) is 0 Å². The molecule has 1 aromatic carbocycles. The fourth-order valence-corrected chi connectivity index (χ4v) is 1.91. The van der Waals surface area contributed by atoms with Gasteiger partial charge in [-0.25, -0.2) is 0 Å². The van der Waals surface area contributed by atoms with E-state index in [-0.39, 0.29) is 0 Å². The second-order valence-corrected chi connectivity index (χ2v) is 4.18. The molecule has 0 fully saturated rings. The summed E-state index contributed by atoms with van der Waals surface area (Å²) in [5.41, 5.74) is 2.16. The molecule has 0 aliphatic carbocycles. The standard InChI is InChI=1S/C14H18O2/c1-3-5-12(15)14-9-11-8-10(4-2)6-7-13(11)16-14/h6-9,12,15H,3-5H2,1-2H3. The number of furan rings is 1. The van der Waals surface area contributed by atoms with Crippen LogP contribution in [-0.2, 0) is 6.42 Å². The van der Waals surface area contributed by atoms with Crippen LogP contribution in [0.3, 0.4) is 0 Å². The molecule has 1 heterocycles. The molecule has 0 bridgehead atoms. The van der Waals surface area contributed by atoms with Crippen LogP contribution in [0.5, 0.6) is 0 Å². The van der Waals surface area contributed by atoms with E-state index in [1.807, 2.05) is 12.1 Å². The van der Waals surface area contributed by atoms with Gasteiger partial charge >= 0.3 is 0 Å². The Morgan fingerprint density at radius 1 is 1.25 bits per heavy atom. The quantitative estimate of drug-likeness (QED) is 0.846. The van der Waals surface area contributed by atoms with E-state index in [1.165, 1.54) is 5.56 Å². The van der Waals surface area contributed by atoms with Gasteiger partial charge in [-0.3, -0.25) is 0 Å². The molecule has 1 atom stereocenters. The maximum atomic E-state index is 9.85. The second kappa shape index (κ2) is 4.71. The number of hydrogen-bond donors (Lipinski definition) is 1. The maximum Gasteiger partial charge on any atom is 0.134 e. The number of aliphatic hydroxyl groups is 1. The molecule has 1 unspecified atom stereocenters. The van der Waals surface area contributed by atoms with Crippen molar-refractivity contribution in [2.45, 2.75) is 39.2 Å². The van der Waals surface area contributed by atoms with Crippen molar-refractivity contribution in [1.29, 1.82) is 0 Å². The van der Waals surface area contributed by atoms with E-state index in [4.69, 9.17) is 4.42 Å². The summed E-state index contributed by atoms with van der Waals surface area (Å²) in [7, 11) is 0. The largest absolute Gasteiger partial charge is 0.458 e. The Balaban J connectivity index is 2.35. The molecule has 0 saturated carbocycles. The number of hydrogen-bond acceptors (Lipinski definition) is 2. The lowest BCUT2D eigenvalue weighted by Gasteiger charge is -2.03. The zero-order chi connectivity index (χ0) is 11.5. The van der Waals surface area contributed by atoms with Crippen LogP contribution in [0.2, 0.25) is 0 Å². The molecular formula is C14H18O2. The molecule has 0 amide bonds. The Morgan fingerprint density at radius 3 is 2.75 bits per heavy atom. The van der Waals surface area contributed by atoms with Crippen LogP contribution >= 0.6 is 0 Å². The summed E-state index contributed by atoms with van der Waals surface area (Å²) < 4.78 is 5.63. The lowest BCUT2D eigenvalue weighted by Crippen LogP contribution is -1.93. The van der Waals surface area contributed by atoms with Crippen molar-refractivity contribution in [3.63, 3.8) is 0 Å². The number of fused-ring (bicyclic) bond motifs is 1. The maximum absolute atomic E-state index is 9.85. The van der Waals surface area contributed by atoms with Crippen LogP contribution in [-0.4, -0.2) is 5.11 Å². The molecule has 0 radical (unpaired) electrons. The average molecular weight is 218 g/mol. The van der Waals surface area contributed by atoms with Crippen LogP contribution in [0.4, 0.5) is 0 Å². The van der Waals surface area contributed by atoms with Crippen molar-refractivity contribution in [2.24, 2.45) is 0 Å². The van der Waals surface area contributed by atoms with Crippen molar-refractivity contribution in [3.8, 4) is 0 Å². The Bertz CT molecular complexity index is 471. The van der Waals surface area contributed by atoms with E-state index < -0.39 is 6.10 Å². The second-order valence-electron chi connectivity index (χ2n) is 4.18. The lowest BCUT2D eigenvalue weighted by atomic mass is 10.1. The minimum absolute atomic E-state index is 0.470. The molecule has 2 aromatic rings. The highest BCUT2D eigenvalue weighted by Gasteiger charge is 2.12. The van der Waals surface area contributed by atoms with Gasteiger partial charge in [0.1, 0.15) is 17.4 Å². The summed E-state index contributed by atoms with van der Waals surface area (Å²) >= 11 is 0. The van der Waals surface area contributed by atoms with Crippen molar-refractivity contribution >= 4 is 11.0 Å². The van der Waals surface area contributed by atoms with Crippen molar-refractivity contribution in [2.75, 3.05) is 0 Å². The highest BCUT2D eigenvalue weighted by molar-refractivity contribution is 5.78. The van der Waals surface area contributed by atoms with Gasteiger partial charge in [-0.1, -0.05) is 26.3 Å². The van der Waals surface area contributed by atoms with Crippen LogP contribution in [0.15, 0.2) is 28.7 Å². The van der Waals surface area contributed by atoms with Crippen molar-refractivity contribution < 1.29 is 9.52 Å². The molecule has 0 aliphatic heterocycles. The predicted molar refractivity (Wildman–Crippen MR) is 65.5 cm³/mol. The van der Waals surface area contributed by atoms with E-state index in [2.05, 4.69) is 26.0 Å². The molecule has 1 N–H and O–H groups in total. The average Bonchev–Trinajstić information content (AvgIpc) is 2.71. The molecule has 1 aromatic heterocycles. The first-order valence-corrected chi connectivity index (χ1v) is 5.95. The summed E-state index contributed by atoms with van der Waals surface area (Å²) in [6, 6.07) is 8.13. The number of aryl methyl sites for hydroxylation is 1. The lowest BCUT2D eigenvalue weighted by molar-refractivity contribution is 0.141. The third-order valence-corrected chi connectivity index (χ3v) is 2.90. The first-order valence-electron chi connectivity index (χ1n) is 5.95. The van der Waals surface area contributed by atoms with Gasteiger partial charge in [-0.2, -0.15) is 0 Å². The number of rotatable bonds is 4. The molecular weight excluding hydrogens is 200 g/mol. The Morgan fingerprint density at radius 2 is 2.06 bits per heavy atom. The van der Waals surface area contributed by atoms with E-state index >= 15 is 0 Å². The van der Waals surface area contributed by atoms with E-state index in [0.29, 0.717) is 5.76 Å². The van der Waals surface area contributed by atoms with E-state index in [0.717, 1.165) is 30.2 Å². The molecule has 0 saturated heterocycles. The minimum atomic E-state index is -0.470. The molecule has 2 nitrogen and oxygen atoms in total. The van der Waals surface area contributed by atoms with Gasteiger partial charge in [0, 0.05) is 5.39 Å².